The molecule has 0 unspecified atom stereocenters. The van der Waals surface area contributed by atoms with Gasteiger partial charge in [-0.3, -0.25) is 4.79 Å². The van der Waals surface area contributed by atoms with E-state index >= 15 is 0 Å². The van der Waals surface area contributed by atoms with E-state index in [1.54, 1.807) is 0 Å². The van der Waals surface area contributed by atoms with Gasteiger partial charge in [0, 0.05) is 42.5 Å². The topological polar surface area (TPSA) is 40.2 Å². The molecule has 144 valence electrons. The first kappa shape index (κ1) is 19.7. The van der Waals surface area contributed by atoms with Crippen LogP contribution in [0.1, 0.15) is 29.7 Å². The summed E-state index contributed by atoms with van der Waals surface area (Å²) in [5.74, 6) is 0.203. The SMILES string of the molecule is Cc1cccc(N2CCN(C(=O)C[NH2+][C@H](C)c3ccccc3Cl)CC2)c1C. The van der Waals surface area contributed by atoms with Gasteiger partial charge in [-0.05, 0) is 44.0 Å². The molecule has 1 atom stereocenters. The Morgan fingerprint density at radius 2 is 1.78 bits per heavy atom. The van der Waals surface area contributed by atoms with E-state index in [1.807, 2.05) is 29.2 Å². The minimum Gasteiger partial charge on any atom is -0.368 e. The average molecular weight is 387 g/mol. The highest BCUT2D eigenvalue weighted by Crippen LogP contribution is 2.24. The second kappa shape index (κ2) is 8.77. The molecule has 1 amide bonds. The molecule has 1 saturated heterocycles. The molecule has 1 heterocycles. The second-order valence-electron chi connectivity index (χ2n) is 7.34. The monoisotopic (exact) mass is 386 g/mol. The number of piperazine rings is 1. The van der Waals surface area contributed by atoms with E-state index in [-0.39, 0.29) is 11.9 Å². The predicted molar refractivity (Wildman–Crippen MR) is 111 cm³/mol. The van der Waals surface area contributed by atoms with Crippen molar-refractivity contribution in [3.05, 3.63) is 64.2 Å². The van der Waals surface area contributed by atoms with Crippen molar-refractivity contribution in [3.63, 3.8) is 0 Å². The normalized spacial score (nSPS) is 15.7. The van der Waals surface area contributed by atoms with Crippen molar-refractivity contribution >= 4 is 23.2 Å². The van der Waals surface area contributed by atoms with E-state index in [9.17, 15) is 4.79 Å². The van der Waals surface area contributed by atoms with Gasteiger partial charge in [-0.1, -0.05) is 41.9 Å². The molecular formula is C22H29ClN3O+. The van der Waals surface area contributed by atoms with Gasteiger partial charge in [0.25, 0.3) is 5.91 Å². The number of amides is 1. The fraction of sp³-hybridized carbons (Fsp3) is 0.409. The highest BCUT2D eigenvalue weighted by atomic mass is 35.5. The Kier molecular flexibility index (Phi) is 6.40. The van der Waals surface area contributed by atoms with Gasteiger partial charge in [0.05, 0.1) is 0 Å². The van der Waals surface area contributed by atoms with Gasteiger partial charge in [0.15, 0.2) is 6.54 Å². The Bertz CT molecular complexity index is 800. The number of anilines is 1. The van der Waals surface area contributed by atoms with Crippen molar-refractivity contribution in [2.45, 2.75) is 26.8 Å². The molecule has 2 aromatic rings. The van der Waals surface area contributed by atoms with Crippen LogP contribution < -0.4 is 10.2 Å². The van der Waals surface area contributed by atoms with Crippen molar-refractivity contribution in [2.24, 2.45) is 0 Å². The van der Waals surface area contributed by atoms with E-state index in [0.717, 1.165) is 36.8 Å². The molecule has 5 heteroatoms. The Morgan fingerprint density at radius 1 is 1.07 bits per heavy atom. The van der Waals surface area contributed by atoms with E-state index < -0.39 is 0 Å². The number of benzene rings is 2. The molecule has 2 N–H and O–H groups in total. The lowest BCUT2D eigenvalue weighted by Crippen LogP contribution is -2.87. The van der Waals surface area contributed by atoms with Crippen LogP contribution in [-0.4, -0.2) is 43.5 Å². The predicted octanol–water partition coefficient (Wildman–Crippen LogP) is 2.93. The summed E-state index contributed by atoms with van der Waals surface area (Å²) in [6.07, 6.45) is 0. The number of carbonyl (C=O) groups is 1. The third kappa shape index (κ3) is 4.63. The van der Waals surface area contributed by atoms with Crippen LogP contribution in [0.4, 0.5) is 5.69 Å². The minimum atomic E-state index is 0.166. The van der Waals surface area contributed by atoms with Crippen LogP contribution in [0.15, 0.2) is 42.5 Å². The lowest BCUT2D eigenvalue weighted by Gasteiger charge is -2.36. The first-order chi connectivity index (χ1) is 13.0. The summed E-state index contributed by atoms with van der Waals surface area (Å²) in [5, 5.41) is 2.83. The molecule has 0 spiro atoms. The molecule has 2 aromatic carbocycles. The van der Waals surface area contributed by atoms with Gasteiger partial charge >= 0.3 is 0 Å². The molecule has 1 aliphatic rings. The summed E-state index contributed by atoms with van der Waals surface area (Å²) in [6.45, 7) is 10.2. The van der Waals surface area contributed by atoms with Crippen LogP contribution in [0.25, 0.3) is 0 Å². The maximum absolute atomic E-state index is 12.6. The van der Waals surface area contributed by atoms with Crippen LogP contribution in [0.2, 0.25) is 5.02 Å². The largest absolute Gasteiger partial charge is 0.368 e. The van der Waals surface area contributed by atoms with Gasteiger partial charge in [-0.25, -0.2) is 0 Å². The van der Waals surface area contributed by atoms with Gasteiger partial charge in [-0.2, -0.15) is 0 Å². The Hall–Kier alpha value is -2.04. The number of rotatable bonds is 5. The third-order valence-electron chi connectivity index (χ3n) is 5.59. The third-order valence-corrected chi connectivity index (χ3v) is 5.94. The highest BCUT2D eigenvalue weighted by molar-refractivity contribution is 6.31. The van der Waals surface area contributed by atoms with Crippen molar-refractivity contribution < 1.29 is 10.1 Å². The maximum Gasteiger partial charge on any atom is 0.277 e. The number of nitrogens with two attached hydrogens (primary N) is 1. The first-order valence-electron chi connectivity index (χ1n) is 9.64. The summed E-state index contributed by atoms with van der Waals surface area (Å²) in [6, 6.07) is 14.4. The van der Waals surface area contributed by atoms with E-state index in [1.165, 1.54) is 16.8 Å². The molecule has 4 nitrogen and oxygen atoms in total. The zero-order valence-corrected chi connectivity index (χ0v) is 17.2. The summed E-state index contributed by atoms with van der Waals surface area (Å²) in [5.41, 5.74) is 5.01. The van der Waals surface area contributed by atoms with Crippen molar-refractivity contribution in [3.8, 4) is 0 Å². The smallest absolute Gasteiger partial charge is 0.277 e. The maximum atomic E-state index is 12.6. The molecule has 1 aliphatic heterocycles. The zero-order chi connectivity index (χ0) is 19.4. The molecule has 0 aromatic heterocycles. The molecule has 0 bridgehead atoms. The molecule has 27 heavy (non-hydrogen) atoms. The van der Waals surface area contributed by atoms with Crippen LogP contribution in [-0.2, 0) is 4.79 Å². The lowest BCUT2D eigenvalue weighted by atomic mass is 10.1. The number of carbonyl (C=O) groups excluding carboxylic acids is 1. The fourth-order valence-corrected chi connectivity index (χ4v) is 3.96. The zero-order valence-electron chi connectivity index (χ0n) is 16.4. The van der Waals surface area contributed by atoms with Gasteiger partial charge in [-0.15, -0.1) is 0 Å². The van der Waals surface area contributed by atoms with Crippen LogP contribution in [0.3, 0.4) is 0 Å². The Labute approximate surface area is 167 Å². The standard InChI is InChI=1S/C22H28ClN3O/c1-16-7-6-10-21(17(16)2)25-11-13-26(14-12-25)22(27)15-24-18(3)19-8-4-5-9-20(19)23/h4-10,18,24H,11-15H2,1-3H3/p+1/t18-/m1/s1. The van der Waals surface area contributed by atoms with Crippen LogP contribution >= 0.6 is 11.6 Å². The summed E-state index contributed by atoms with van der Waals surface area (Å²) in [4.78, 5) is 17.0. The number of halogens is 1. The van der Waals surface area contributed by atoms with Gasteiger partial charge in [0.2, 0.25) is 0 Å². The minimum absolute atomic E-state index is 0.166. The summed E-state index contributed by atoms with van der Waals surface area (Å²) in [7, 11) is 0. The van der Waals surface area contributed by atoms with Gasteiger partial charge in [0.1, 0.15) is 6.04 Å². The number of quaternary nitrogens is 1. The number of hydrogen-bond donors (Lipinski definition) is 1. The number of aryl methyl sites for hydroxylation is 1. The average Bonchev–Trinajstić information content (AvgIpc) is 2.68. The molecule has 3 rings (SSSR count). The first-order valence-corrected chi connectivity index (χ1v) is 10.0. The Balaban J connectivity index is 1.51. The fourth-order valence-electron chi connectivity index (χ4n) is 3.65. The molecular weight excluding hydrogens is 358 g/mol. The molecule has 0 radical (unpaired) electrons. The van der Waals surface area contributed by atoms with E-state index in [2.05, 4.69) is 49.2 Å². The van der Waals surface area contributed by atoms with Crippen LogP contribution in [0.5, 0.6) is 0 Å². The Morgan fingerprint density at radius 3 is 2.48 bits per heavy atom. The van der Waals surface area contributed by atoms with Crippen molar-refractivity contribution in [1.82, 2.24) is 4.90 Å². The van der Waals surface area contributed by atoms with Crippen molar-refractivity contribution in [1.29, 1.82) is 0 Å². The quantitative estimate of drug-likeness (QED) is 0.858. The van der Waals surface area contributed by atoms with Gasteiger partial charge < -0.3 is 15.1 Å². The lowest BCUT2D eigenvalue weighted by molar-refractivity contribution is -0.683. The second-order valence-corrected chi connectivity index (χ2v) is 7.74. The van der Waals surface area contributed by atoms with E-state index in [4.69, 9.17) is 11.6 Å². The summed E-state index contributed by atoms with van der Waals surface area (Å²) >= 11 is 6.26. The van der Waals surface area contributed by atoms with E-state index in [0.29, 0.717) is 6.54 Å². The molecule has 0 saturated carbocycles. The highest BCUT2D eigenvalue weighted by Gasteiger charge is 2.24. The number of hydrogen-bond acceptors (Lipinski definition) is 2. The molecule has 1 fully saturated rings. The summed E-state index contributed by atoms with van der Waals surface area (Å²) < 4.78 is 0. The van der Waals surface area contributed by atoms with Crippen LogP contribution in [0, 0.1) is 13.8 Å². The number of nitrogens with zero attached hydrogens (tertiary/aromatic N) is 2. The molecule has 0 aliphatic carbocycles. The van der Waals surface area contributed by atoms with Crippen molar-refractivity contribution in [2.75, 3.05) is 37.6 Å².